The second-order valence-electron chi connectivity index (χ2n) is 17.3. The van der Waals surface area contributed by atoms with Crippen molar-refractivity contribution in [3.63, 3.8) is 0 Å². The molecule has 0 radical (unpaired) electrons. The van der Waals surface area contributed by atoms with Crippen LogP contribution in [0.5, 0.6) is 0 Å². The van der Waals surface area contributed by atoms with E-state index < -0.39 is 18.1 Å². The normalized spacial score (nSPS) is 13.2. The van der Waals surface area contributed by atoms with E-state index in [-0.39, 0.29) is 36.2 Å². The first-order valence-corrected chi connectivity index (χ1v) is 24.0. The van der Waals surface area contributed by atoms with E-state index in [1.165, 1.54) is 109 Å². The van der Waals surface area contributed by atoms with Gasteiger partial charge in [-0.05, 0) is 44.9 Å². The smallest absolute Gasteiger partial charge is 0.362 e. The van der Waals surface area contributed by atoms with Gasteiger partial charge in [0.15, 0.2) is 12.1 Å². The van der Waals surface area contributed by atoms with Crippen LogP contribution in [0.25, 0.3) is 0 Å². The average molecular weight is 819 g/mol. The molecule has 0 aromatic rings. The van der Waals surface area contributed by atoms with Crippen LogP contribution >= 0.6 is 0 Å². The van der Waals surface area contributed by atoms with Crippen LogP contribution in [-0.4, -0.2) is 80.6 Å². The van der Waals surface area contributed by atoms with Gasteiger partial charge in [-0.25, -0.2) is 4.79 Å². The lowest BCUT2D eigenvalue weighted by Gasteiger charge is -2.31. The molecule has 1 N–H and O–H groups in total. The number of aliphatic carboxylic acids is 1. The lowest BCUT2D eigenvalue weighted by Crippen LogP contribution is -2.50. The lowest BCUT2D eigenvalue weighted by molar-refractivity contribution is -0.887. The Morgan fingerprint density at radius 3 is 1.43 bits per heavy atom. The van der Waals surface area contributed by atoms with Crippen molar-refractivity contribution in [2.75, 3.05) is 41.0 Å². The number of nitrogens with zero attached hydrogens (tertiary/aromatic N) is 1. The quantitative estimate of drug-likeness (QED) is 0.0283. The lowest BCUT2D eigenvalue weighted by atomic mass is 10.0. The van der Waals surface area contributed by atoms with E-state index in [2.05, 4.69) is 50.3 Å². The molecule has 338 valence electrons. The van der Waals surface area contributed by atoms with E-state index in [0.29, 0.717) is 19.3 Å². The van der Waals surface area contributed by atoms with Crippen molar-refractivity contribution in [3.05, 3.63) is 36.5 Å². The minimum Gasteiger partial charge on any atom is -0.477 e. The molecular formula is C50H92NO7+. The molecule has 8 nitrogen and oxygen atoms in total. The highest BCUT2D eigenvalue weighted by atomic mass is 16.6. The van der Waals surface area contributed by atoms with Crippen molar-refractivity contribution in [1.29, 1.82) is 0 Å². The molecule has 0 rings (SSSR count). The molecule has 0 bridgehead atoms. The Bertz CT molecular complexity index is 1050. The zero-order chi connectivity index (χ0) is 42.8. The fourth-order valence-electron chi connectivity index (χ4n) is 7.11. The van der Waals surface area contributed by atoms with Gasteiger partial charge in [0.2, 0.25) is 0 Å². The molecule has 0 aromatic carbocycles. The molecule has 2 atom stereocenters. The van der Waals surface area contributed by atoms with Crippen LogP contribution in [0.1, 0.15) is 213 Å². The minimum absolute atomic E-state index is 0.0543. The predicted molar refractivity (Wildman–Crippen MR) is 243 cm³/mol. The van der Waals surface area contributed by atoms with E-state index in [9.17, 15) is 19.5 Å². The zero-order valence-electron chi connectivity index (χ0n) is 38.5. The Kier molecular flexibility index (Phi) is 39.5. The highest BCUT2D eigenvalue weighted by Gasteiger charge is 2.31. The van der Waals surface area contributed by atoms with Crippen LogP contribution in [0.4, 0.5) is 0 Å². The van der Waals surface area contributed by atoms with Crippen molar-refractivity contribution < 1.29 is 38.2 Å². The fourth-order valence-corrected chi connectivity index (χ4v) is 7.11. The Morgan fingerprint density at radius 1 is 0.534 bits per heavy atom. The summed E-state index contributed by atoms with van der Waals surface area (Å²) in [6, 6.07) is -0.617. The highest BCUT2D eigenvalue weighted by Crippen LogP contribution is 2.16. The van der Waals surface area contributed by atoms with Gasteiger partial charge in [-0.3, -0.25) is 9.59 Å². The zero-order valence-corrected chi connectivity index (χ0v) is 38.5. The summed E-state index contributed by atoms with van der Waals surface area (Å²) in [7, 11) is 5.52. The summed E-state index contributed by atoms with van der Waals surface area (Å²) >= 11 is 0. The first kappa shape index (κ1) is 55.5. The summed E-state index contributed by atoms with van der Waals surface area (Å²) in [5.41, 5.74) is 0. The van der Waals surface area contributed by atoms with Crippen LogP contribution in [0.3, 0.4) is 0 Å². The van der Waals surface area contributed by atoms with Crippen LogP contribution in [0.15, 0.2) is 36.5 Å². The van der Waals surface area contributed by atoms with E-state index in [4.69, 9.17) is 14.2 Å². The third-order valence-corrected chi connectivity index (χ3v) is 10.8. The topological polar surface area (TPSA) is 99.1 Å². The van der Waals surface area contributed by atoms with E-state index in [1.807, 2.05) is 21.1 Å². The van der Waals surface area contributed by atoms with Gasteiger partial charge in [-0.15, -0.1) is 0 Å². The van der Waals surface area contributed by atoms with E-state index in [1.54, 1.807) is 0 Å². The van der Waals surface area contributed by atoms with Crippen molar-refractivity contribution in [3.8, 4) is 0 Å². The molecule has 0 saturated heterocycles. The minimum atomic E-state index is -0.878. The number of carboxylic acid groups (broad SMARTS) is 1. The van der Waals surface area contributed by atoms with Crippen LogP contribution in [0.2, 0.25) is 0 Å². The number of ether oxygens (including phenoxy) is 3. The first-order valence-electron chi connectivity index (χ1n) is 24.0. The van der Waals surface area contributed by atoms with Gasteiger partial charge in [-0.1, -0.05) is 185 Å². The Balaban J connectivity index is 4.25. The summed E-state index contributed by atoms with van der Waals surface area (Å²) in [5, 5.41) is 9.63. The molecule has 0 aliphatic carbocycles. The maximum Gasteiger partial charge on any atom is 0.362 e. The summed E-state index contributed by atoms with van der Waals surface area (Å²) < 4.78 is 17.3. The summed E-state index contributed by atoms with van der Waals surface area (Å²) in [5.74, 6) is -1.49. The van der Waals surface area contributed by atoms with E-state index in [0.717, 1.165) is 70.6 Å². The number of carbonyl (C=O) groups is 3. The van der Waals surface area contributed by atoms with Crippen LogP contribution in [-0.2, 0) is 28.6 Å². The number of carbonyl (C=O) groups excluding carboxylic acids is 2. The molecule has 0 fully saturated rings. The third kappa shape index (κ3) is 39.0. The van der Waals surface area contributed by atoms with Gasteiger partial charge in [0.05, 0.1) is 34.4 Å². The summed E-state index contributed by atoms with van der Waals surface area (Å²) in [6.07, 6.45) is 47.7. The fraction of sp³-hybridized carbons (Fsp3) is 0.820. The second-order valence-corrected chi connectivity index (χ2v) is 17.3. The standard InChI is InChI=1S/C50H91NO7/c1-6-8-10-12-14-16-18-20-22-23-24-25-26-27-29-30-32-34-36-38-40-48(52)57-45-46(44-56-43-42-47(50(54)55)51(3,4)5)58-49(53)41-39-37-35-33-31-28-21-19-17-15-13-11-9-7-2/h9,11,15,17,21,28,46-47H,6-8,10,12-14,16,18-20,22-27,29-45H2,1-5H3/p+1/b11-9+,17-15+,28-21+. The molecule has 0 aliphatic rings. The summed E-state index contributed by atoms with van der Waals surface area (Å²) in [6.45, 7) is 4.62. The highest BCUT2D eigenvalue weighted by molar-refractivity contribution is 5.72. The molecule has 0 saturated carbocycles. The predicted octanol–water partition coefficient (Wildman–Crippen LogP) is 13.4. The Hall–Kier alpha value is -2.45. The number of quaternary nitrogens is 1. The first-order chi connectivity index (χ1) is 28.1. The average Bonchev–Trinajstić information content (AvgIpc) is 3.18. The monoisotopic (exact) mass is 819 g/mol. The largest absolute Gasteiger partial charge is 0.477 e. The number of esters is 2. The molecule has 0 heterocycles. The van der Waals surface area contributed by atoms with Gasteiger partial charge >= 0.3 is 17.9 Å². The maximum atomic E-state index is 12.7. The van der Waals surface area contributed by atoms with Gasteiger partial charge < -0.3 is 23.8 Å². The third-order valence-electron chi connectivity index (χ3n) is 10.8. The number of unbranched alkanes of at least 4 members (excludes halogenated alkanes) is 23. The molecule has 0 amide bonds. The molecule has 0 aromatic heterocycles. The van der Waals surface area contributed by atoms with Crippen molar-refractivity contribution in [1.82, 2.24) is 0 Å². The van der Waals surface area contributed by atoms with Crippen LogP contribution < -0.4 is 0 Å². The van der Waals surface area contributed by atoms with Crippen molar-refractivity contribution >= 4 is 17.9 Å². The maximum absolute atomic E-state index is 12.7. The van der Waals surface area contributed by atoms with Crippen molar-refractivity contribution in [2.24, 2.45) is 0 Å². The number of carboxylic acids is 1. The van der Waals surface area contributed by atoms with Gasteiger partial charge in [0.1, 0.15) is 6.61 Å². The number of rotatable bonds is 43. The molecule has 0 aliphatic heterocycles. The number of likely N-dealkylation sites (N-methyl/N-ethyl adjacent to an activating group) is 1. The molecule has 58 heavy (non-hydrogen) atoms. The summed E-state index contributed by atoms with van der Waals surface area (Å²) in [4.78, 5) is 37.0. The number of hydrogen-bond donors (Lipinski definition) is 1. The second kappa shape index (κ2) is 41.3. The SMILES string of the molecule is CC/C=C/C/C=C/C/C=C/CCCCCCC(=O)OC(COCCC(C(=O)O)[N+](C)(C)C)COC(=O)CCCCCCCCCCCCCCCCCCCCCC. The van der Waals surface area contributed by atoms with Gasteiger partial charge in [0.25, 0.3) is 0 Å². The van der Waals surface area contributed by atoms with Gasteiger partial charge in [0, 0.05) is 19.3 Å². The van der Waals surface area contributed by atoms with Gasteiger partial charge in [-0.2, -0.15) is 0 Å². The van der Waals surface area contributed by atoms with Crippen molar-refractivity contribution in [2.45, 2.75) is 225 Å². The number of allylic oxidation sites excluding steroid dienone is 6. The van der Waals surface area contributed by atoms with E-state index >= 15 is 0 Å². The Labute approximate surface area is 357 Å². The molecular weight excluding hydrogens is 727 g/mol. The molecule has 2 unspecified atom stereocenters. The molecule has 0 spiro atoms. The number of hydrogen-bond acceptors (Lipinski definition) is 6. The molecule has 8 heteroatoms. The van der Waals surface area contributed by atoms with Crippen LogP contribution in [0, 0.1) is 0 Å². The Morgan fingerprint density at radius 2 is 0.966 bits per heavy atom.